The lowest BCUT2D eigenvalue weighted by Crippen LogP contribution is -2.06. The molecule has 2 heteroatoms. The first-order chi connectivity index (χ1) is 9.54. The second-order valence-electron chi connectivity index (χ2n) is 5.72. The first-order valence-electron chi connectivity index (χ1n) is 7.15. The van der Waals surface area contributed by atoms with Crippen LogP contribution in [0.4, 0.5) is 5.69 Å². The summed E-state index contributed by atoms with van der Waals surface area (Å²) in [7, 11) is 0. The normalized spacial score (nSPS) is 12.4. The molecule has 2 aromatic rings. The maximum atomic E-state index is 3.53. The molecule has 1 nitrogen and oxygen atoms in total. The van der Waals surface area contributed by atoms with E-state index in [9.17, 15) is 0 Å². The van der Waals surface area contributed by atoms with Gasteiger partial charge < -0.3 is 5.32 Å². The van der Waals surface area contributed by atoms with Crippen molar-refractivity contribution in [2.75, 3.05) is 5.32 Å². The average molecular weight is 332 g/mol. The number of halogens is 1. The van der Waals surface area contributed by atoms with Crippen LogP contribution in [0.3, 0.4) is 0 Å². The summed E-state index contributed by atoms with van der Waals surface area (Å²) >= 11 is 3.50. The molecule has 20 heavy (non-hydrogen) atoms. The molecule has 0 aromatic heterocycles. The van der Waals surface area contributed by atoms with Gasteiger partial charge in [0.05, 0.1) is 0 Å². The highest BCUT2D eigenvalue weighted by Crippen LogP contribution is 2.22. The van der Waals surface area contributed by atoms with E-state index < -0.39 is 0 Å². The zero-order valence-corrected chi connectivity index (χ0v) is 13.9. The minimum absolute atomic E-state index is 0.303. The fraction of sp³-hybridized carbons (Fsp3) is 0.333. The van der Waals surface area contributed by atoms with Gasteiger partial charge in [-0.15, -0.1) is 0 Å². The first kappa shape index (κ1) is 15.1. The van der Waals surface area contributed by atoms with Gasteiger partial charge in [0.1, 0.15) is 0 Å². The molecular formula is C18H22BrN. The Morgan fingerprint density at radius 2 is 1.70 bits per heavy atom. The molecule has 1 N–H and O–H groups in total. The molecule has 0 bridgehead atoms. The molecule has 0 saturated carbocycles. The SMILES string of the molecule is CC(C)Cc1ccc(C(C)Nc2cccc(Br)c2)cc1. The summed E-state index contributed by atoms with van der Waals surface area (Å²) in [6, 6.07) is 17.5. The Labute approximate surface area is 130 Å². The quantitative estimate of drug-likeness (QED) is 0.727. The fourth-order valence-electron chi connectivity index (χ4n) is 2.33. The van der Waals surface area contributed by atoms with Crippen molar-refractivity contribution in [1.82, 2.24) is 0 Å². The van der Waals surface area contributed by atoms with Crippen LogP contribution in [0.2, 0.25) is 0 Å². The largest absolute Gasteiger partial charge is 0.378 e. The highest BCUT2D eigenvalue weighted by molar-refractivity contribution is 9.10. The summed E-state index contributed by atoms with van der Waals surface area (Å²) in [5.74, 6) is 0.707. The molecule has 0 radical (unpaired) electrons. The Bertz CT molecular complexity index is 546. The Kier molecular flexibility index (Phi) is 5.24. The van der Waals surface area contributed by atoms with Gasteiger partial charge in [-0.3, -0.25) is 0 Å². The molecule has 1 unspecified atom stereocenters. The van der Waals surface area contributed by atoms with Crippen LogP contribution in [0.5, 0.6) is 0 Å². The van der Waals surface area contributed by atoms with Gasteiger partial charge in [0.2, 0.25) is 0 Å². The van der Waals surface area contributed by atoms with Crippen LogP contribution in [-0.2, 0) is 6.42 Å². The molecule has 0 fully saturated rings. The van der Waals surface area contributed by atoms with Gasteiger partial charge in [0.15, 0.2) is 0 Å². The Hall–Kier alpha value is -1.28. The molecule has 1 atom stereocenters. The van der Waals surface area contributed by atoms with Crippen molar-refractivity contribution in [2.45, 2.75) is 33.2 Å². The van der Waals surface area contributed by atoms with Crippen LogP contribution in [0.15, 0.2) is 53.0 Å². The molecule has 0 aliphatic rings. The van der Waals surface area contributed by atoms with Crippen LogP contribution in [-0.4, -0.2) is 0 Å². The van der Waals surface area contributed by atoms with Crippen LogP contribution in [0.25, 0.3) is 0 Å². The summed E-state index contributed by atoms with van der Waals surface area (Å²) in [6.45, 7) is 6.70. The molecule has 0 aliphatic heterocycles. The number of anilines is 1. The maximum Gasteiger partial charge on any atom is 0.0485 e. The van der Waals surface area contributed by atoms with Crippen molar-refractivity contribution in [3.8, 4) is 0 Å². The summed E-state index contributed by atoms with van der Waals surface area (Å²) in [5, 5.41) is 3.53. The smallest absolute Gasteiger partial charge is 0.0485 e. The minimum Gasteiger partial charge on any atom is -0.378 e. The third-order valence-electron chi connectivity index (χ3n) is 3.33. The molecule has 2 aromatic carbocycles. The van der Waals surface area contributed by atoms with E-state index in [4.69, 9.17) is 0 Å². The summed E-state index contributed by atoms with van der Waals surface area (Å²) in [4.78, 5) is 0. The number of rotatable bonds is 5. The van der Waals surface area contributed by atoms with Crippen molar-refractivity contribution >= 4 is 21.6 Å². The zero-order valence-electron chi connectivity index (χ0n) is 12.4. The topological polar surface area (TPSA) is 12.0 Å². The minimum atomic E-state index is 0.303. The summed E-state index contributed by atoms with van der Waals surface area (Å²) < 4.78 is 1.10. The molecule has 0 amide bonds. The van der Waals surface area contributed by atoms with Gasteiger partial charge in [0.25, 0.3) is 0 Å². The fourth-order valence-corrected chi connectivity index (χ4v) is 2.72. The number of hydrogen-bond acceptors (Lipinski definition) is 1. The highest BCUT2D eigenvalue weighted by Gasteiger charge is 2.06. The van der Waals surface area contributed by atoms with Crippen LogP contribution < -0.4 is 5.32 Å². The maximum absolute atomic E-state index is 3.53. The lowest BCUT2D eigenvalue weighted by atomic mass is 10.00. The van der Waals surface area contributed by atoms with E-state index in [1.165, 1.54) is 11.1 Å². The average Bonchev–Trinajstić information content (AvgIpc) is 2.38. The third kappa shape index (κ3) is 4.38. The van der Waals surface area contributed by atoms with Gasteiger partial charge in [-0.25, -0.2) is 0 Å². The van der Waals surface area contributed by atoms with Gasteiger partial charge in [-0.1, -0.05) is 60.1 Å². The van der Waals surface area contributed by atoms with E-state index in [1.807, 2.05) is 12.1 Å². The van der Waals surface area contributed by atoms with E-state index >= 15 is 0 Å². The van der Waals surface area contributed by atoms with Crippen LogP contribution in [0.1, 0.15) is 37.9 Å². The van der Waals surface area contributed by atoms with Gasteiger partial charge in [-0.05, 0) is 48.6 Å². The molecule has 106 valence electrons. The Morgan fingerprint density at radius 3 is 2.30 bits per heavy atom. The second-order valence-corrected chi connectivity index (χ2v) is 6.63. The van der Waals surface area contributed by atoms with Gasteiger partial charge >= 0.3 is 0 Å². The lowest BCUT2D eigenvalue weighted by Gasteiger charge is -2.16. The Morgan fingerprint density at radius 1 is 1.00 bits per heavy atom. The van der Waals surface area contributed by atoms with Gasteiger partial charge in [0, 0.05) is 16.2 Å². The standard InChI is InChI=1S/C18H22BrN/c1-13(2)11-15-7-9-16(10-8-15)14(3)20-18-6-4-5-17(19)12-18/h4-10,12-14,20H,11H2,1-3H3. The van der Waals surface area contributed by atoms with Crippen molar-refractivity contribution in [1.29, 1.82) is 0 Å². The number of nitrogens with one attached hydrogen (secondary N) is 1. The predicted octanol–water partition coefficient (Wildman–Crippen LogP) is 5.82. The zero-order chi connectivity index (χ0) is 14.5. The van der Waals surface area contributed by atoms with E-state index in [1.54, 1.807) is 0 Å². The predicted molar refractivity (Wildman–Crippen MR) is 91.2 cm³/mol. The lowest BCUT2D eigenvalue weighted by molar-refractivity contribution is 0.647. The summed E-state index contributed by atoms with van der Waals surface area (Å²) in [6.07, 6.45) is 1.15. The molecule has 0 spiro atoms. The van der Waals surface area contributed by atoms with Crippen molar-refractivity contribution in [3.63, 3.8) is 0 Å². The number of hydrogen-bond donors (Lipinski definition) is 1. The van der Waals surface area contributed by atoms with Crippen molar-refractivity contribution in [2.24, 2.45) is 5.92 Å². The van der Waals surface area contributed by atoms with E-state index in [0.29, 0.717) is 12.0 Å². The second kappa shape index (κ2) is 6.94. The molecule has 0 heterocycles. The van der Waals surface area contributed by atoms with Gasteiger partial charge in [-0.2, -0.15) is 0 Å². The first-order valence-corrected chi connectivity index (χ1v) is 7.95. The monoisotopic (exact) mass is 331 g/mol. The molecule has 0 saturated heterocycles. The molecular weight excluding hydrogens is 310 g/mol. The number of benzene rings is 2. The molecule has 0 aliphatic carbocycles. The Balaban J connectivity index is 2.03. The van der Waals surface area contributed by atoms with Crippen molar-refractivity contribution in [3.05, 3.63) is 64.1 Å². The van der Waals surface area contributed by atoms with Crippen LogP contribution >= 0.6 is 15.9 Å². The van der Waals surface area contributed by atoms with Crippen molar-refractivity contribution < 1.29 is 0 Å². The summed E-state index contributed by atoms with van der Waals surface area (Å²) in [5.41, 5.74) is 3.87. The van der Waals surface area contributed by atoms with E-state index in [-0.39, 0.29) is 0 Å². The highest BCUT2D eigenvalue weighted by atomic mass is 79.9. The van der Waals surface area contributed by atoms with E-state index in [0.717, 1.165) is 16.6 Å². The van der Waals surface area contributed by atoms with E-state index in [2.05, 4.69) is 78.4 Å². The van der Waals surface area contributed by atoms with Crippen LogP contribution in [0, 0.1) is 5.92 Å². The molecule has 2 rings (SSSR count). The third-order valence-corrected chi connectivity index (χ3v) is 3.82.